The van der Waals surface area contributed by atoms with Crippen molar-refractivity contribution >= 4 is 27.2 Å². The van der Waals surface area contributed by atoms with Gasteiger partial charge in [0.1, 0.15) is 17.9 Å². The number of anilines is 3. The Morgan fingerprint density at radius 2 is 1.69 bits per heavy atom. The van der Waals surface area contributed by atoms with Crippen molar-refractivity contribution in [2.75, 3.05) is 23.4 Å². The van der Waals surface area contributed by atoms with E-state index in [-0.39, 0.29) is 0 Å². The Balaban J connectivity index is 1.81. The highest BCUT2D eigenvalue weighted by Crippen LogP contribution is 2.24. The lowest BCUT2D eigenvalue weighted by molar-refractivity contribution is 0.415. The molecular weight excluding hydrogens is 352 g/mol. The van der Waals surface area contributed by atoms with Crippen LogP contribution in [0.2, 0.25) is 0 Å². The average molecular weight is 370 g/mol. The van der Waals surface area contributed by atoms with E-state index in [4.69, 9.17) is 4.74 Å². The van der Waals surface area contributed by atoms with Gasteiger partial charge >= 0.3 is 0 Å². The molecule has 0 aliphatic heterocycles. The summed E-state index contributed by atoms with van der Waals surface area (Å²) < 4.78 is 30.3. The molecule has 0 aliphatic rings. The minimum Gasteiger partial charge on any atom is -0.497 e. The Morgan fingerprint density at radius 3 is 2.38 bits per heavy atom. The van der Waals surface area contributed by atoms with Gasteiger partial charge in [-0.2, -0.15) is 0 Å². The molecule has 1 aromatic heterocycles. The van der Waals surface area contributed by atoms with E-state index in [0.717, 1.165) is 23.3 Å². The number of methoxy groups -OCH3 is 1. The predicted molar refractivity (Wildman–Crippen MR) is 102 cm³/mol. The van der Waals surface area contributed by atoms with Gasteiger partial charge in [0.2, 0.25) is 10.0 Å². The van der Waals surface area contributed by atoms with E-state index >= 15 is 0 Å². The van der Waals surface area contributed by atoms with Crippen LogP contribution >= 0.6 is 0 Å². The van der Waals surface area contributed by atoms with E-state index in [1.807, 2.05) is 36.4 Å². The summed E-state index contributed by atoms with van der Waals surface area (Å²) in [6.07, 6.45) is 2.58. The van der Waals surface area contributed by atoms with Gasteiger partial charge in [0.25, 0.3) is 0 Å². The number of nitrogens with one attached hydrogen (secondary N) is 2. The van der Waals surface area contributed by atoms with E-state index < -0.39 is 10.0 Å². The Kier molecular flexibility index (Phi) is 5.04. The van der Waals surface area contributed by atoms with Crippen LogP contribution in [0.15, 0.2) is 60.9 Å². The summed E-state index contributed by atoms with van der Waals surface area (Å²) in [7, 11) is -1.71. The molecule has 0 saturated heterocycles. The number of hydrogen-bond acceptors (Lipinski definition) is 6. The lowest BCUT2D eigenvalue weighted by Gasteiger charge is -2.10. The van der Waals surface area contributed by atoms with Gasteiger partial charge in [-0.25, -0.2) is 18.4 Å². The van der Waals surface area contributed by atoms with Gasteiger partial charge in [-0.3, -0.25) is 4.72 Å². The van der Waals surface area contributed by atoms with Gasteiger partial charge < -0.3 is 10.1 Å². The molecule has 0 radical (unpaired) electrons. The first-order valence-electron chi connectivity index (χ1n) is 7.74. The topological polar surface area (TPSA) is 93.2 Å². The molecule has 0 saturated carbocycles. The van der Waals surface area contributed by atoms with Gasteiger partial charge in [-0.15, -0.1) is 0 Å². The van der Waals surface area contributed by atoms with Crippen molar-refractivity contribution in [3.63, 3.8) is 0 Å². The highest BCUT2D eigenvalue weighted by Gasteiger charge is 2.05. The fourth-order valence-corrected chi connectivity index (χ4v) is 2.92. The van der Waals surface area contributed by atoms with E-state index in [9.17, 15) is 8.42 Å². The largest absolute Gasteiger partial charge is 0.497 e. The molecule has 0 atom stereocenters. The number of rotatable bonds is 6. The van der Waals surface area contributed by atoms with E-state index in [1.165, 1.54) is 6.33 Å². The maximum Gasteiger partial charge on any atom is 0.229 e. The number of aromatic nitrogens is 2. The third kappa shape index (κ3) is 4.70. The number of nitrogens with zero attached hydrogens (tertiary/aromatic N) is 2. The third-order valence-corrected chi connectivity index (χ3v) is 4.10. The zero-order valence-electron chi connectivity index (χ0n) is 14.3. The molecule has 134 valence electrons. The summed E-state index contributed by atoms with van der Waals surface area (Å²) in [4.78, 5) is 8.50. The summed E-state index contributed by atoms with van der Waals surface area (Å²) in [5.74, 6) is 1.37. The van der Waals surface area contributed by atoms with Crippen LogP contribution in [0.1, 0.15) is 0 Å². The molecule has 8 heteroatoms. The second kappa shape index (κ2) is 7.40. The molecule has 0 bridgehead atoms. The van der Waals surface area contributed by atoms with Gasteiger partial charge in [0, 0.05) is 17.3 Å². The Bertz CT molecular complexity index is 1000. The normalized spacial score (nSPS) is 11.0. The summed E-state index contributed by atoms with van der Waals surface area (Å²) in [6.45, 7) is 0. The smallest absolute Gasteiger partial charge is 0.229 e. The maximum atomic E-state index is 11.4. The number of ether oxygens (including phenoxy) is 1. The van der Waals surface area contributed by atoms with Crippen LogP contribution in [0, 0.1) is 0 Å². The molecule has 2 aromatic carbocycles. The lowest BCUT2D eigenvalue weighted by atomic mass is 10.1. The van der Waals surface area contributed by atoms with Crippen molar-refractivity contribution in [1.29, 1.82) is 0 Å². The van der Waals surface area contributed by atoms with Crippen LogP contribution in [-0.2, 0) is 10.0 Å². The van der Waals surface area contributed by atoms with Crippen LogP contribution in [0.3, 0.4) is 0 Å². The minimum absolute atomic E-state index is 0.474. The maximum absolute atomic E-state index is 11.4. The highest BCUT2D eigenvalue weighted by molar-refractivity contribution is 7.92. The number of benzene rings is 2. The molecule has 26 heavy (non-hydrogen) atoms. The Hall–Kier alpha value is -3.13. The van der Waals surface area contributed by atoms with Crippen LogP contribution in [-0.4, -0.2) is 31.8 Å². The standard InChI is InChI=1S/C18H18N4O3S/c1-25-16-8-6-13(7-9-16)17-11-18(20-12-19-17)21-14-4-3-5-15(10-14)22-26(2,23)24/h3-12,22H,1-2H3,(H,19,20,21). The summed E-state index contributed by atoms with van der Waals surface area (Å²) in [5, 5.41) is 3.15. The zero-order valence-corrected chi connectivity index (χ0v) is 15.1. The number of sulfonamides is 1. The Labute approximate surface area is 152 Å². The van der Waals surface area contributed by atoms with E-state index in [2.05, 4.69) is 20.0 Å². The van der Waals surface area contributed by atoms with Crippen molar-refractivity contribution in [3.8, 4) is 17.0 Å². The highest BCUT2D eigenvalue weighted by atomic mass is 32.2. The molecule has 0 spiro atoms. The van der Waals surface area contributed by atoms with Crippen LogP contribution in [0.4, 0.5) is 17.2 Å². The van der Waals surface area contributed by atoms with Gasteiger partial charge in [0.05, 0.1) is 24.7 Å². The molecule has 1 heterocycles. The second-order valence-electron chi connectivity index (χ2n) is 5.60. The summed E-state index contributed by atoms with van der Waals surface area (Å²) in [6, 6.07) is 16.3. The minimum atomic E-state index is -3.33. The molecule has 2 N–H and O–H groups in total. The van der Waals surface area contributed by atoms with Crippen molar-refractivity contribution in [2.24, 2.45) is 0 Å². The fraction of sp³-hybridized carbons (Fsp3) is 0.111. The van der Waals surface area contributed by atoms with Crippen molar-refractivity contribution < 1.29 is 13.2 Å². The summed E-state index contributed by atoms with van der Waals surface area (Å²) in [5.41, 5.74) is 2.87. The third-order valence-electron chi connectivity index (χ3n) is 3.49. The quantitative estimate of drug-likeness (QED) is 0.692. The van der Waals surface area contributed by atoms with Crippen LogP contribution in [0.25, 0.3) is 11.3 Å². The van der Waals surface area contributed by atoms with E-state index in [0.29, 0.717) is 17.2 Å². The first-order valence-corrected chi connectivity index (χ1v) is 9.63. The fourth-order valence-electron chi connectivity index (χ4n) is 2.37. The second-order valence-corrected chi connectivity index (χ2v) is 7.35. The van der Waals surface area contributed by atoms with Crippen molar-refractivity contribution in [3.05, 3.63) is 60.9 Å². The Morgan fingerprint density at radius 1 is 0.962 bits per heavy atom. The molecule has 3 rings (SSSR count). The molecular formula is C18H18N4O3S. The van der Waals surface area contributed by atoms with Crippen LogP contribution < -0.4 is 14.8 Å². The van der Waals surface area contributed by atoms with Crippen LogP contribution in [0.5, 0.6) is 5.75 Å². The van der Waals surface area contributed by atoms with Crippen molar-refractivity contribution in [1.82, 2.24) is 9.97 Å². The first-order chi connectivity index (χ1) is 12.4. The van der Waals surface area contributed by atoms with Gasteiger partial charge in [-0.05, 0) is 42.5 Å². The molecule has 7 nitrogen and oxygen atoms in total. The SMILES string of the molecule is COc1ccc(-c2cc(Nc3cccc(NS(C)(=O)=O)c3)ncn2)cc1. The van der Waals surface area contributed by atoms with Gasteiger partial charge in [-0.1, -0.05) is 6.07 Å². The molecule has 0 fully saturated rings. The molecule has 0 aliphatic carbocycles. The average Bonchev–Trinajstić information content (AvgIpc) is 2.61. The number of hydrogen-bond donors (Lipinski definition) is 2. The zero-order chi connectivity index (χ0) is 18.6. The molecule has 0 amide bonds. The summed E-state index contributed by atoms with van der Waals surface area (Å²) >= 11 is 0. The van der Waals surface area contributed by atoms with Crippen molar-refractivity contribution in [2.45, 2.75) is 0 Å². The monoisotopic (exact) mass is 370 g/mol. The molecule has 0 unspecified atom stereocenters. The lowest BCUT2D eigenvalue weighted by Crippen LogP contribution is -2.09. The first kappa shape index (κ1) is 17.7. The van der Waals surface area contributed by atoms with E-state index in [1.54, 1.807) is 25.3 Å². The predicted octanol–water partition coefficient (Wildman–Crippen LogP) is 3.27. The molecule has 3 aromatic rings. The van der Waals surface area contributed by atoms with Gasteiger partial charge in [0.15, 0.2) is 0 Å².